The third kappa shape index (κ3) is 4.85. The van der Waals surface area contributed by atoms with Gasteiger partial charge in [-0.05, 0) is 65.5 Å². The Morgan fingerprint density at radius 2 is 2.00 bits per heavy atom. The van der Waals surface area contributed by atoms with Crippen molar-refractivity contribution in [3.8, 4) is 5.75 Å². The molecule has 2 bridgehead atoms. The minimum absolute atomic E-state index is 0.203. The van der Waals surface area contributed by atoms with Crippen molar-refractivity contribution in [2.24, 2.45) is 42.1 Å². The lowest BCUT2D eigenvalue weighted by Crippen LogP contribution is -2.49. The summed E-state index contributed by atoms with van der Waals surface area (Å²) in [5.41, 5.74) is 2.98. The van der Waals surface area contributed by atoms with Crippen LogP contribution in [0.15, 0.2) is 48.4 Å². The van der Waals surface area contributed by atoms with Crippen LogP contribution in [-0.4, -0.2) is 57.8 Å². The molecule has 5 aliphatic rings. The molecule has 4 atom stereocenters. The molecule has 4 unspecified atom stereocenters. The molecule has 1 saturated heterocycles. The van der Waals surface area contributed by atoms with E-state index < -0.39 is 6.36 Å². The fourth-order valence-electron chi connectivity index (χ4n) is 7.27. The topological polar surface area (TPSA) is 50.6 Å². The molecule has 1 aromatic heterocycles. The van der Waals surface area contributed by atoms with Gasteiger partial charge in [0.15, 0.2) is 0 Å². The molecule has 204 valence electrons. The average Bonchev–Trinajstić information content (AvgIpc) is 3.15. The highest BCUT2D eigenvalue weighted by Crippen LogP contribution is 2.60. The van der Waals surface area contributed by atoms with Gasteiger partial charge >= 0.3 is 6.36 Å². The summed E-state index contributed by atoms with van der Waals surface area (Å²) in [5.74, 6) is 2.59. The zero-order valence-corrected chi connectivity index (χ0v) is 22.1. The van der Waals surface area contributed by atoms with Crippen LogP contribution in [0.4, 0.5) is 13.2 Å². The number of hydrogen-bond donors (Lipinski definition) is 0. The van der Waals surface area contributed by atoms with Crippen molar-refractivity contribution in [1.82, 2.24) is 19.4 Å². The van der Waals surface area contributed by atoms with Crippen LogP contribution < -0.4 is 4.74 Å². The predicted molar refractivity (Wildman–Crippen MR) is 136 cm³/mol. The minimum atomic E-state index is -4.76. The van der Waals surface area contributed by atoms with Crippen LogP contribution in [0.1, 0.15) is 42.7 Å². The minimum Gasteiger partial charge on any atom is -0.406 e. The van der Waals surface area contributed by atoms with Gasteiger partial charge < -0.3 is 14.2 Å². The number of piperidine rings is 1. The van der Waals surface area contributed by atoms with E-state index in [-0.39, 0.29) is 18.2 Å². The van der Waals surface area contributed by atoms with Crippen molar-refractivity contribution >= 4 is 5.91 Å². The summed E-state index contributed by atoms with van der Waals surface area (Å²) in [4.78, 5) is 22.0. The number of ether oxygens (including phenoxy) is 1. The SMILES string of the molecule is Cn1cnc(C(=O)N(Cc2cccc(OC(F)(F)F)c2)CC2C3CN(CC4=CCC5CC4C5(C)C)CC32)c1. The second-order valence-electron chi connectivity index (χ2n) is 12.3. The van der Waals surface area contributed by atoms with Crippen molar-refractivity contribution in [3.05, 3.63) is 59.7 Å². The Bertz CT molecular complexity index is 1240. The van der Waals surface area contributed by atoms with E-state index in [1.165, 1.54) is 31.0 Å². The molecule has 38 heavy (non-hydrogen) atoms. The molecule has 2 saturated carbocycles. The number of benzene rings is 1. The molecule has 1 aliphatic heterocycles. The normalized spacial score (nSPS) is 29.3. The van der Waals surface area contributed by atoms with E-state index in [1.807, 2.05) is 0 Å². The van der Waals surface area contributed by atoms with Crippen LogP contribution in [0.3, 0.4) is 0 Å². The highest BCUT2D eigenvalue weighted by atomic mass is 19.4. The Morgan fingerprint density at radius 3 is 2.63 bits per heavy atom. The second-order valence-corrected chi connectivity index (χ2v) is 12.3. The van der Waals surface area contributed by atoms with Crippen LogP contribution in [0.25, 0.3) is 0 Å². The first kappa shape index (κ1) is 25.5. The largest absolute Gasteiger partial charge is 0.573 e. The van der Waals surface area contributed by atoms with Crippen LogP contribution in [0.5, 0.6) is 5.75 Å². The maximum Gasteiger partial charge on any atom is 0.573 e. The number of hydrogen-bond acceptors (Lipinski definition) is 4. The lowest BCUT2D eigenvalue weighted by molar-refractivity contribution is -0.274. The third-order valence-electron chi connectivity index (χ3n) is 9.58. The smallest absolute Gasteiger partial charge is 0.406 e. The predicted octanol–water partition coefficient (Wildman–Crippen LogP) is 5.13. The van der Waals surface area contributed by atoms with Gasteiger partial charge in [-0.2, -0.15) is 0 Å². The zero-order valence-electron chi connectivity index (χ0n) is 22.1. The zero-order chi connectivity index (χ0) is 26.8. The molecule has 1 amide bonds. The summed E-state index contributed by atoms with van der Waals surface area (Å²) in [6.07, 6.45) is 3.53. The molecule has 2 aromatic rings. The number of imidazole rings is 1. The number of halogens is 3. The standard InChI is InChI=1S/C29H35F3N4O2/c1-28(2)20-8-7-19(25(28)10-20)12-35-13-22-23(14-35)24(22)15-36(27(37)26-16-34(3)17-33-26)11-18-5-4-6-21(9-18)38-29(30,31)32/h4-7,9,16-17,20,22-25H,8,10-15H2,1-3H3. The fraction of sp³-hybridized carbons (Fsp3) is 0.586. The van der Waals surface area contributed by atoms with Gasteiger partial charge in [-0.1, -0.05) is 37.6 Å². The second kappa shape index (κ2) is 9.14. The van der Waals surface area contributed by atoms with Gasteiger partial charge in [-0.3, -0.25) is 9.69 Å². The van der Waals surface area contributed by atoms with Gasteiger partial charge in [0.1, 0.15) is 11.4 Å². The van der Waals surface area contributed by atoms with Crippen LogP contribution in [0, 0.1) is 35.0 Å². The fourth-order valence-corrected chi connectivity index (χ4v) is 7.27. The number of allylic oxidation sites excluding steroid dienone is 1. The molecule has 0 radical (unpaired) electrons. The Kier molecular flexibility index (Phi) is 6.13. The van der Waals surface area contributed by atoms with Crippen LogP contribution in [0.2, 0.25) is 0 Å². The summed E-state index contributed by atoms with van der Waals surface area (Å²) >= 11 is 0. The summed E-state index contributed by atoms with van der Waals surface area (Å²) in [6.45, 7) is 8.75. The van der Waals surface area contributed by atoms with Crippen LogP contribution in [-0.2, 0) is 13.6 Å². The maximum atomic E-state index is 13.4. The number of aryl methyl sites for hydroxylation is 1. The van der Waals surface area contributed by atoms with Crippen molar-refractivity contribution in [2.45, 2.75) is 39.6 Å². The number of aromatic nitrogens is 2. The number of amides is 1. The van der Waals surface area contributed by atoms with E-state index in [1.54, 1.807) is 40.7 Å². The molecule has 9 heteroatoms. The average molecular weight is 529 g/mol. The number of rotatable bonds is 8. The van der Waals surface area contributed by atoms with Crippen molar-refractivity contribution < 1.29 is 22.7 Å². The van der Waals surface area contributed by atoms with E-state index >= 15 is 0 Å². The number of likely N-dealkylation sites (tertiary alicyclic amines) is 1. The first-order chi connectivity index (χ1) is 18.0. The van der Waals surface area contributed by atoms with Gasteiger partial charge in [-0.15, -0.1) is 13.2 Å². The Balaban J connectivity index is 1.11. The van der Waals surface area contributed by atoms with Crippen molar-refractivity contribution in [1.29, 1.82) is 0 Å². The molecular formula is C29H35F3N4O2. The Hall–Kier alpha value is -2.81. The number of alkyl halides is 3. The van der Waals surface area contributed by atoms with Gasteiger partial charge in [0.05, 0.1) is 6.33 Å². The highest BCUT2D eigenvalue weighted by Gasteiger charge is 2.57. The van der Waals surface area contributed by atoms with E-state index in [0.29, 0.717) is 41.0 Å². The lowest BCUT2D eigenvalue weighted by Gasteiger charge is -2.57. The molecule has 0 spiro atoms. The third-order valence-corrected chi connectivity index (χ3v) is 9.58. The summed E-state index contributed by atoms with van der Waals surface area (Å²) in [7, 11) is 1.80. The highest BCUT2D eigenvalue weighted by molar-refractivity contribution is 5.92. The van der Waals surface area contributed by atoms with E-state index in [4.69, 9.17) is 0 Å². The number of carbonyl (C=O) groups is 1. The van der Waals surface area contributed by atoms with Crippen molar-refractivity contribution in [3.63, 3.8) is 0 Å². The molecular weight excluding hydrogens is 493 g/mol. The summed E-state index contributed by atoms with van der Waals surface area (Å²) in [5, 5.41) is 0. The van der Waals surface area contributed by atoms with Gasteiger partial charge in [-0.25, -0.2) is 4.98 Å². The van der Waals surface area contributed by atoms with E-state index in [0.717, 1.165) is 31.5 Å². The number of carbonyl (C=O) groups excluding carboxylic acids is 1. The van der Waals surface area contributed by atoms with Gasteiger partial charge in [0.2, 0.25) is 0 Å². The molecule has 7 rings (SSSR count). The number of nitrogens with zero attached hydrogens (tertiary/aromatic N) is 4. The molecule has 1 aromatic carbocycles. The Morgan fingerprint density at radius 1 is 1.24 bits per heavy atom. The monoisotopic (exact) mass is 528 g/mol. The molecule has 2 heterocycles. The first-order valence-corrected chi connectivity index (χ1v) is 13.5. The Labute approximate surface area is 221 Å². The van der Waals surface area contributed by atoms with Gasteiger partial charge in [0.25, 0.3) is 5.91 Å². The van der Waals surface area contributed by atoms with Crippen LogP contribution >= 0.6 is 0 Å². The van der Waals surface area contributed by atoms with Gasteiger partial charge in [0, 0.05) is 46.0 Å². The summed E-state index contributed by atoms with van der Waals surface area (Å²) in [6, 6.07) is 5.87. The van der Waals surface area contributed by atoms with E-state index in [9.17, 15) is 18.0 Å². The quantitative estimate of drug-likeness (QED) is 0.446. The first-order valence-electron chi connectivity index (χ1n) is 13.5. The molecule has 3 fully saturated rings. The number of fused-ring (bicyclic) bond motifs is 2. The van der Waals surface area contributed by atoms with E-state index in [2.05, 4.69) is 34.5 Å². The maximum absolute atomic E-state index is 13.4. The molecule has 6 nitrogen and oxygen atoms in total. The summed E-state index contributed by atoms with van der Waals surface area (Å²) < 4.78 is 44.0. The molecule has 0 N–H and O–H groups in total. The van der Waals surface area contributed by atoms with Crippen molar-refractivity contribution in [2.75, 3.05) is 26.2 Å². The lowest BCUT2D eigenvalue weighted by atomic mass is 9.49. The molecule has 4 aliphatic carbocycles.